The summed E-state index contributed by atoms with van der Waals surface area (Å²) in [6, 6.07) is 10.0. The lowest BCUT2D eigenvalue weighted by atomic mass is 10.2. The maximum absolute atomic E-state index is 12.5. The molecule has 1 aliphatic heterocycles. The van der Waals surface area contributed by atoms with Crippen LogP contribution in [0.25, 0.3) is 6.08 Å². The first kappa shape index (κ1) is 18.4. The number of sulfonamides is 1. The summed E-state index contributed by atoms with van der Waals surface area (Å²) in [5.41, 5.74) is 0.811. The zero-order chi connectivity index (χ0) is 18.4. The molecule has 7 nitrogen and oxygen atoms in total. The monoisotopic (exact) mass is 376 g/mol. The van der Waals surface area contributed by atoms with Gasteiger partial charge in [-0.15, -0.1) is 0 Å². The van der Waals surface area contributed by atoms with Gasteiger partial charge in [-0.1, -0.05) is 12.1 Å². The van der Waals surface area contributed by atoms with Gasteiger partial charge in [-0.3, -0.25) is 4.79 Å². The Hall–Kier alpha value is -2.42. The molecule has 8 heteroatoms. The molecular weight excluding hydrogens is 356 g/mol. The molecule has 1 aromatic carbocycles. The maximum Gasteiger partial charge on any atom is 0.244 e. The fraction of sp³-hybridized carbons (Fsp3) is 0.278. The van der Waals surface area contributed by atoms with Crippen LogP contribution in [0.1, 0.15) is 11.3 Å². The van der Waals surface area contributed by atoms with E-state index < -0.39 is 10.0 Å². The molecule has 3 rings (SSSR count). The molecule has 1 N–H and O–H groups in total. The van der Waals surface area contributed by atoms with Crippen LogP contribution >= 0.6 is 0 Å². The quantitative estimate of drug-likeness (QED) is 0.774. The zero-order valence-corrected chi connectivity index (χ0v) is 14.9. The number of ether oxygens (including phenoxy) is 1. The van der Waals surface area contributed by atoms with Crippen LogP contribution < -0.4 is 5.32 Å². The molecule has 0 atom stereocenters. The van der Waals surface area contributed by atoms with Gasteiger partial charge in [0.2, 0.25) is 15.9 Å². The van der Waals surface area contributed by atoms with Crippen LogP contribution in [0.3, 0.4) is 0 Å². The largest absolute Gasteiger partial charge is 0.465 e. The van der Waals surface area contributed by atoms with Gasteiger partial charge in [-0.2, -0.15) is 4.31 Å². The third-order valence-corrected chi connectivity index (χ3v) is 5.85. The van der Waals surface area contributed by atoms with Gasteiger partial charge in [0.1, 0.15) is 5.76 Å². The van der Waals surface area contributed by atoms with Crippen molar-refractivity contribution in [3.05, 3.63) is 60.1 Å². The van der Waals surface area contributed by atoms with Crippen molar-refractivity contribution >= 4 is 22.0 Å². The summed E-state index contributed by atoms with van der Waals surface area (Å²) in [6.07, 6.45) is 4.49. The number of hydrogen-bond donors (Lipinski definition) is 1. The second-order valence-corrected chi connectivity index (χ2v) is 7.66. The Kier molecular flexibility index (Phi) is 5.87. The molecule has 0 radical (unpaired) electrons. The van der Waals surface area contributed by atoms with Gasteiger partial charge >= 0.3 is 0 Å². The Bertz CT molecular complexity index is 851. The van der Waals surface area contributed by atoms with Crippen LogP contribution in [0.15, 0.2) is 58.1 Å². The zero-order valence-electron chi connectivity index (χ0n) is 14.1. The summed E-state index contributed by atoms with van der Waals surface area (Å²) in [4.78, 5) is 12.0. The normalized spacial score (nSPS) is 16.0. The van der Waals surface area contributed by atoms with Crippen molar-refractivity contribution in [1.29, 1.82) is 0 Å². The Labute approximate surface area is 152 Å². The lowest BCUT2D eigenvalue weighted by Crippen LogP contribution is -2.40. The second kappa shape index (κ2) is 8.31. The molecule has 0 saturated carbocycles. The van der Waals surface area contributed by atoms with Gasteiger partial charge in [-0.05, 0) is 35.9 Å². The van der Waals surface area contributed by atoms with Crippen molar-refractivity contribution in [2.45, 2.75) is 11.4 Å². The topological polar surface area (TPSA) is 88.8 Å². The molecule has 0 unspecified atom stereocenters. The number of hydrogen-bond acceptors (Lipinski definition) is 5. The highest BCUT2D eigenvalue weighted by Gasteiger charge is 2.25. The lowest BCUT2D eigenvalue weighted by Gasteiger charge is -2.26. The highest BCUT2D eigenvalue weighted by Crippen LogP contribution is 2.17. The average Bonchev–Trinajstić information content (AvgIpc) is 3.19. The summed E-state index contributed by atoms with van der Waals surface area (Å²) < 4.78 is 36.8. The van der Waals surface area contributed by atoms with E-state index in [0.29, 0.717) is 38.6 Å². The van der Waals surface area contributed by atoms with E-state index >= 15 is 0 Å². The van der Waals surface area contributed by atoms with Crippen LogP contribution in [0.4, 0.5) is 0 Å². The summed E-state index contributed by atoms with van der Waals surface area (Å²) in [5.74, 6) is 0.337. The minimum atomic E-state index is -3.50. The van der Waals surface area contributed by atoms with Crippen molar-refractivity contribution in [1.82, 2.24) is 9.62 Å². The van der Waals surface area contributed by atoms with Crippen LogP contribution in [0, 0.1) is 0 Å². The smallest absolute Gasteiger partial charge is 0.244 e. The predicted octanol–water partition coefficient (Wildman–Crippen LogP) is 1.63. The van der Waals surface area contributed by atoms with Crippen LogP contribution in [-0.4, -0.2) is 44.9 Å². The molecule has 1 aliphatic rings. The first-order valence-corrected chi connectivity index (χ1v) is 9.66. The van der Waals surface area contributed by atoms with Crippen LogP contribution in [-0.2, 0) is 26.1 Å². The number of benzene rings is 1. The highest BCUT2D eigenvalue weighted by atomic mass is 32.2. The summed E-state index contributed by atoms with van der Waals surface area (Å²) in [5, 5.41) is 2.74. The molecular formula is C18H20N2O5S. The number of carbonyl (C=O) groups excluding carboxylic acids is 1. The second-order valence-electron chi connectivity index (χ2n) is 5.73. The van der Waals surface area contributed by atoms with Crippen molar-refractivity contribution in [2.75, 3.05) is 26.3 Å². The molecule has 26 heavy (non-hydrogen) atoms. The molecule has 1 saturated heterocycles. The fourth-order valence-corrected chi connectivity index (χ4v) is 3.92. The first-order chi connectivity index (χ1) is 12.6. The summed E-state index contributed by atoms with van der Waals surface area (Å²) in [7, 11) is -3.50. The molecule has 2 heterocycles. The standard InChI is InChI=1S/C18H20N2O5S/c21-18(8-5-16-2-1-11-25-16)19-14-15-3-6-17(7-4-15)26(22,23)20-9-12-24-13-10-20/h1-8,11H,9-10,12-14H2,(H,19,21)/b8-5+. The number of amides is 1. The van der Waals surface area contributed by atoms with E-state index in [1.807, 2.05) is 0 Å². The van der Waals surface area contributed by atoms with Crippen molar-refractivity contribution < 1.29 is 22.4 Å². The molecule has 2 aromatic rings. The maximum atomic E-state index is 12.5. The number of morpholine rings is 1. The Morgan fingerprint density at radius 2 is 1.88 bits per heavy atom. The third kappa shape index (κ3) is 4.60. The first-order valence-electron chi connectivity index (χ1n) is 8.22. The number of furan rings is 1. The molecule has 1 fully saturated rings. The van der Waals surface area contributed by atoms with Gasteiger partial charge in [0.05, 0.1) is 24.4 Å². The van der Waals surface area contributed by atoms with Gasteiger partial charge in [0.15, 0.2) is 0 Å². The minimum Gasteiger partial charge on any atom is -0.465 e. The van der Waals surface area contributed by atoms with Crippen molar-refractivity contribution in [3.63, 3.8) is 0 Å². The number of nitrogens with one attached hydrogen (secondary N) is 1. The summed E-state index contributed by atoms with van der Waals surface area (Å²) >= 11 is 0. The molecule has 0 spiro atoms. The van der Waals surface area contributed by atoms with E-state index in [4.69, 9.17) is 9.15 Å². The van der Waals surface area contributed by atoms with Crippen LogP contribution in [0.5, 0.6) is 0 Å². The third-order valence-electron chi connectivity index (χ3n) is 3.94. The summed E-state index contributed by atoms with van der Waals surface area (Å²) in [6.45, 7) is 1.85. The Morgan fingerprint density at radius 1 is 1.15 bits per heavy atom. The molecule has 1 amide bonds. The van der Waals surface area contributed by atoms with Crippen LogP contribution in [0.2, 0.25) is 0 Å². The molecule has 1 aromatic heterocycles. The number of rotatable bonds is 6. The van der Waals surface area contributed by atoms with E-state index in [2.05, 4.69) is 5.32 Å². The minimum absolute atomic E-state index is 0.243. The average molecular weight is 376 g/mol. The molecule has 0 bridgehead atoms. The van der Waals surface area contributed by atoms with Gasteiger partial charge in [0, 0.05) is 25.7 Å². The highest BCUT2D eigenvalue weighted by molar-refractivity contribution is 7.89. The van der Waals surface area contributed by atoms with E-state index in [1.54, 1.807) is 42.5 Å². The number of carbonyl (C=O) groups is 1. The molecule has 0 aliphatic carbocycles. The van der Waals surface area contributed by atoms with Gasteiger partial charge < -0.3 is 14.5 Å². The Morgan fingerprint density at radius 3 is 2.54 bits per heavy atom. The van der Waals surface area contributed by atoms with E-state index in [9.17, 15) is 13.2 Å². The van der Waals surface area contributed by atoms with Gasteiger partial charge in [-0.25, -0.2) is 8.42 Å². The fourth-order valence-electron chi connectivity index (χ4n) is 2.51. The van der Waals surface area contributed by atoms with Crippen molar-refractivity contribution in [2.24, 2.45) is 0 Å². The number of nitrogens with zero attached hydrogens (tertiary/aromatic N) is 1. The predicted molar refractivity (Wildman–Crippen MR) is 95.6 cm³/mol. The van der Waals surface area contributed by atoms with E-state index in [-0.39, 0.29) is 10.8 Å². The SMILES string of the molecule is O=C(/C=C/c1ccco1)NCc1ccc(S(=O)(=O)N2CCOCC2)cc1. The Balaban J connectivity index is 1.56. The van der Waals surface area contributed by atoms with Crippen molar-refractivity contribution in [3.8, 4) is 0 Å². The lowest BCUT2D eigenvalue weighted by molar-refractivity contribution is -0.116. The van der Waals surface area contributed by atoms with E-state index in [0.717, 1.165) is 5.56 Å². The van der Waals surface area contributed by atoms with E-state index in [1.165, 1.54) is 16.6 Å². The van der Waals surface area contributed by atoms with Gasteiger partial charge in [0.25, 0.3) is 0 Å². The molecule has 138 valence electrons.